The van der Waals surface area contributed by atoms with Crippen LogP contribution in [-0.4, -0.2) is 16.6 Å². The molecule has 1 aliphatic carbocycles. The summed E-state index contributed by atoms with van der Waals surface area (Å²) in [5.74, 6) is 0.151. The Hall–Kier alpha value is -2.04. The zero-order valence-corrected chi connectivity index (χ0v) is 15.1. The summed E-state index contributed by atoms with van der Waals surface area (Å²) in [6, 6.07) is 3.63. The zero-order valence-electron chi connectivity index (χ0n) is 15.1. The van der Waals surface area contributed by atoms with Crippen LogP contribution in [0, 0.1) is 17.6 Å². The second-order valence-corrected chi connectivity index (χ2v) is 7.07. The number of aromatic nitrogens is 2. The number of rotatable bonds is 9. The van der Waals surface area contributed by atoms with Crippen molar-refractivity contribution in [2.75, 3.05) is 6.61 Å². The van der Waals surface area contributed by atoms with Crippen LogP contribution in [0.25, 0.3) is 11.4 Å². The molecule has 0 unspecified atom stereocenters. The van der Waals surface area contributed by atoms with Crippen LogP contribution >= 0.6 is 0 Å². The van der Waals surface area contributed by atoms with Gasteiger partial charge in [-0.1, -0.05) is 51.4 Å². The van der Waals surface area contributed by atoms with Gasteiger partial charge in [0.15, 0.2) is 23.2 Å². The summed E-state index contributed by atoms with van der Waals surface area (Å²) in [5.41, 5.74) is 0.442. The molecule has 0 bridgehead atoms. The van der Waals surface area contributed by atoms with E-state index in [0.717, 1.165) is 24.5 Å². The van der Waals surface area contributed by atoms with Crippen molar-refractivity contribution in [3.63, 3.8) is 0 Å². The van der Waals surface area contributed by atoms with Crippen LogP contribution in [0.5, 0.6) is 5.75 Å². The van der Waals surface area contributed by atoms with Crippen molar-refractivity contribution in [3.05, 3.63) is 42.2 Å². The number of nitrogens with zero attached hydrogens (tertiary/aromatic N) is 2. The number of hydrogen-bond donors (Lipinski definition) is 0. The SMILES string of the molecule is Fc1ccc(-c2ncc(OCCCCCCC3CCCC3)cn2)cc1F. The van der Waals surface area contributed by atoms with Crippen molar-refractivity contribution in [1.29, 1.82) is 0 Å². The van der Waals surface area contributed by atoms with Crippen LogP contribution in [-0.2, 0) is 0 Å². The Kier molecular flexibility index (Phi) is 6.92. The predicted molar refractivity (Wildman–Crippen MR) is 97.9 cm³/mol. The third-order valence-electron chi connectivity index (χ3n) is 5.06. The molecular formula is C21H26F2N2O. The van der Waals surface area contributed by atoms with Crippen molar-refractivity contribution in [1.82, 2.24) is 9.97 Å². The van der Waals surface area contributed by atoms with Crippen molar-refractivity contribution >= 4 is 0 Å². The average molecular weight is 360 g/mol. The van der Waals surface area contributed by atoms with Crippen LogP contribution in [0.15, 0.2) is 30.6 Å². The second-order valence-electron chi connectivity index (χ2n) is 7.07. The first-order chi connectivity index (χ1) is 12.7. The minimum Gasteiger partial charge on any atom is -0.490 e. The van der Waals surface area contributed by atoms with Gasteiger partial charge >= 0.3 is 0 Å². The maximum absolute atomic E-state index is 13.3. The van der Waals surface area contributed by atoms with Gasteiger partial charge in [0.1, 0.15) is 0 Å². The van der Waals surface area contributed by atoms with Crippen LogP contribution in [0.1, 0.15) is 57.8 Å². The molecule has 0 amide bonds. The Bertz CT molecular complexity index is 685. The smallest absolute Gasteiger partial charge is 0.159 e. The molecule has 1 heterocycles. The lowest BCUT2D eigenvalue weighted by atomic mass is 9.99. The minimum absolute atomic E-state index is 0.350. The first kappa shape index (κ1) is 18.7. The van der Waals surface area contributed by atoms with Crippen molar-refractivity contribution in [3.8, 4) is 17.1 Å². The van der Waals surface area contributed by atoms with Gasteiger partial charge in [-0.3, -0.25) is 0 Å². The largest absolute Gasteiger partial charge is 0.490 e. The van der Waals surface area contributed by atoms with Gasteiger partial charge in [0.2, 0.25) is 0 Å². The molecule has 0 radical (unpaired) electrons. The fourth-order valence-electron chi connectivity index (χ4n) is 3.55. The number of hydrogen-bond acceptors (Lipinski definition) is 3. The lowest BCUT2D eigenvalue weighted by Gasteiger charge is -2.09. The van der Waals surface area contributed by atoms with Gasteiger partial charge < -0.3 is 4.74 Å². The van der Waals surface area contributed by atoms with Crippen molar-refractivity contribution < 1.29 is 13.5 Å². The van der Waals surface area contributed by atoms with Gasteiger partial charge in [0, 0.05) is 5.56 Å². The van der Waals surface area contributed by atoms with Crippen molar-refractivity contribution in [2.24, 2.45) is 5.92 Å². The highest BCUT2D eigenvalue weighted by Gasteiger charge is 2.13. The van der Waals surface area contributed by atoms with E-state index in [-0.39, 0.29) is 0 Å². The Balaban J connectivity index is 1.34. The number of unbranched alkanes of at least 4 members (excludes halogenated alkanes) is 3. The maximum atomic E-state index is 13.3. The van der Waals surface area contributed by atoms with E-state index >= 15 is 0 Å². The Morgan fingerprint density at radius 1 is 0.923 bits per heavy atom. The van der Waals surface area contributed by atoms with Crippen LogP contribution < -0.4 is 4.74 Å². The van der Waals surface area contributed by atoms with Crippen LogP contribution in [0.3, 0.4) is 0 Å². The van der Waals surface area contributed by atoms with E-state index < -0.39 is 11.6 Å². The maximum Gasteiger partial charge on any atom is 0.159 e. The minimum atomic E-state index is -0.903. The molecule has 0 saturated heterocycles. The third kappa shape index (κ3) is 5.48. The average Bonchev–Trinajstić information content (AvgIpc) is 3.17. The monoisotopic (exact) mass is 360 g/mol. The van der Waals surface area contributed by atoms with E-state index in [0.29, 0.717) is 23.7 Å². The molecular weight excluding hydrogens is 334 g/mol. The first-order valence-electron chi connectivity index (χ1n) is 9.62. The summed E-state index contributed by atoms with van der Waals surface area (Å²) in [5, 5.41) is 0. The van der Waals surface area contributed by atoms with Gasteiger partial charge in [0.25, 0.3) is 0 Å². The fourth-order valence-corrected chi connectivity index (χ4v) is 3.55. The highest BCUT2D eigenvalue weighted by molar-refractivity contribution is 5.54. The zero-order chi connectivity index (χ0) is 18.2. The lowest BCUT2D eigenvalue weighted by molar-refractivity contribution is 0.301. The molecule has 1 fully saturated rings. The highest BCUT2D eigenvalue weighted by atomic mass is 19.2. The third-order valence-corrected chi connectivity index (χ3v) is 5.06. The molecule has 0 atom stereocenters. The van der Waals surface area contributed by atoms with E-state index in [4.69, 9.17) is 4.74 Å². The van der Waals surface area contributed by atoms with E-state index in [2.05, 4.69) is 9.97 Å². The Morgan fingerprint density at radius 3 is 2.38 bits per heavy atom. The standard InChI is InChI=1S/C21H26F2N2O/c22-19-11-10-17(13-20(19)23)21-24-14-18(15-25-21)26-12-6-2-1-3-7-16-8-4-5-9-16/h10-11,13-16H,1-9,12H2. The molecule has 1 aromatic carbocycles. The Morgan fingerprint density at radius 2 is 1.65 bits per heavy atom. The topological polar surface area (TPSA) is 35.0 Å². The quantitative estimate of drug-likeness (QED) is 0.519. The summed E-state index contributed by atoms with van der Waals surface area (Å²) in [7, 11) is 0. The first-order valence-corrected chi connectivity index (χ1v) is 9.62. The fraction of sp³-hybridized carbons (Fsp3) is 0.524. The van der Waals surface area contributed by atoms with Crippen molar-refractivity contribution in [2.45, 2.75) is 57.8 Å². The lowest BCUT2D eigenvalue weighted by Crippen LogP contribution is -2.00. The van der Waals surface area contributed by atoms with E-state index in [1.54, 1.807) is 12.4 Å². The molecule has 0 N–H and O–H groups in total. The number of ether oxygens (including phenoxy) is 1. The van der Waals surface area contributed by atoms with Gasteiger partial charge in [0.05, 0.1) is 19.0 Å². The predicted octanol–water partition coefficient (Wildman–Crippen LogP) is 5.94. The highest BCUT2D eigenvalue weighted by Crippen LogP contribution is 2.29. The molecule has 1 saturated carbocycles. The molecule has 5 heteroatoms. The number of halogens is 2. The second kappa shape index (κ2) is 9.60. The normalized spacial score (nSPS) is 14.7. The summed E-state index contributed by atoms with van der Waals surface area (Å²) in [6.07, 6.45) is 15.1. The molecule has 1 aliphatic rings. The molecule has 26 heavy (non-hydrogen) atoms. The van der Waals surface area contributed by atoms with E-state index in [1.165, 1.54) is 57.4 Å². The molecule has 140 valence electrons. The summed E-state index contributed by atoms with van der Waals surface area (Å²) >= 11 is 0. The molecule has 0 aliphatic heterocycles. The van der Waals surface area contributed by atoms with Crippen LogP contribution in [0.4, 0.5) is 8.78 Å². The number of benzene rings is 1. The van der Waals surface area contributed by atoms with Crippen LogP contribution in [0.2, 0.25) is 0 Å². The van der Waals surface area contributed by atoms with Gasteiger partial charge in [-0.05, 0) is 30.5 Å². The molecule has 3 nitrogen and oxygen atoms in total. The van der Waals surface area contributed by atoms with E-state index in [9.17, 15) is 8.78 Å². The molecule has 2 aromatic rings. The summed E-state index contributed by atoms with van der Waals surface area (Å²) < 4.78 is 31.9. The molecule has 0 spiro atoms. The van der Waals surface area contributed by atoms with Gasteiger partial charge in [-0.2, -0.15) is 0 Å². The van der Waals surface area contributed by atoms with Gasteiger partial charge in [-0.15, -0.1) is 0 Å². The summed E-state index contributed by atoms with van der Waals surface area (Å²) in [4.78, 5) is 8.33. The summed E-state index contributed by atoms with van der Waals surface area (Å²) in [6.45, 7) is 0.650. The van der Waals surface area contributed by atoms with Gasteiger partial charge in [-0.25, -0.2) is 18.7 Å². The molecule has 1 aromatic heterocycles. The Labute approximate surface area is 153 Å². The van der Waals surface area contributed by atoms with E-state index in [1.807, 2.05) is 0 Å². The molecule has 3 rings (SSSR count).